The molecular weight excluding hydrogens is 456 g/mol. The highest BCUT2D eigenvalue weighted by atomic mass is 16.5. The lowest BCUT2D eigenvalue weighted by molar-refractivity contribution is 0.0892. The average molecular weight is 495 g/mol. The van der Waals surface area contributed by atoms with Crippen LogP contribution in [-0.2, 0) is 30.9 Å². The molecule has 0 spiro atoms. The van der Waals surface area contributed by atoms with Crippen molar-refractivity contribution in [3.8, 4) is 0 Å². The summed E-state index contributed by atoms with van der Waals surface area (Å²) >= 11 is 0. The Morgan fingerprint density at radius 3 is 2.58 bits per heavy atom. The molecule has 0 unspecified atom stereocenters. The molecule has 3 aromatic rings. The van der Waals surface area contributed by atoms with Gasteiger partial charge in [0, 0.05) is 59.5 Å². The number of benzene rings is 1. The molecule has 1 amide bonds. The van der Waals surface area contributed by atoms with Crippen LogP contribution in [0.3, 0.4) is 0 Å². The molecule has 0 saturated heterocycles. The SMILES string of the molecule is COCc1ccc(C(=O)N[C@H](CC(C)C)c2nnc3n2CCN(Cc2ccc(N(C)C)cc2)CC3)o1. The molecule has 9 nitrogen and oxygen atoms in total. The number of fused-ring (bicyclic) bond motifs is 1. The molecule has 0 saturated carbocycles. The molecule has 194 valence electrons. The number of carbonyl (C=O) groups is 1. The molecule has 1 atom stereocenters. The second kappa shape index (κ2) is 11.7. The summed E-state index contributed by atoms with van der Waals surface area (Å²) in [7, 11) is 5.71. The smallest absolute Gasteiger partial charge is 0.287 e. The molecule has 0 bridgehead atoms. The zero-order valence-electron chi connectivity index (χ0n) is 22.0. The van der Waals surface area contributed by atoms with E-state index in [0.29, 0.717) is 18.3 Å². The van der Waals surface area contributed by atoms with Crippen molar-refractivity contribution in [1.29, 1.82) is 0 Å². The van der Waals surface area contributed by atoms with E-state index in [1.807, 2.05) is 0 Å². The van der Waals surface area contributed by atoms with Gasteiger partial charge in [0.1, 0.15) is 18.2 Å². The first kappa shape index (κ1) is 25.9. The molecule has 0 aliphatic carbocycles. The van der Waals surface area contributed by atoms with Crippen LogP contribution >= 0.6 is 0 Å². The fourth-order valence-electron chi connectivity index (χ4n) is 4.61. The third-order valence-electron chi connectivity index (χ3n) is 6.50. The topological polar surface area (TPSA) is 88.7 Å². The Morgan fingerprint density at radius 2 is 1.89 bits per heavy atom. The van der Waals surface area contributed by atoms with Crippen LogP contribution in [-0.4, -0.2) is 59.9 Å². The molecule has 1 aliphatic rings. The predicted octanol–water partition coefficient (Wildman–Crippen LogP) is 3.66. The summed E-state index contributed by atoms with van der Waals surface area (Å²) in [6, 6.07) is 11.9. The first-order chi connectivity index (χ1) is 17.3. The van der Waals surface area contributed by atoms with E-state index < -0.39 is 0 Å². The van der Waals surface area contributed by atoms with Crippen LogP contribution in [0.4, 0.5) is 5.69 Å². The molecule has 0 fully saturated rings. The number of rotatable bonds is 10. The number of methoxy groups -OCH3 is 1. The highest BCUT2D eigenvalue weighted by Gasteiger charge is 2.27. The van der Waals surface area contributed by atoms with Gasteiger partial charge in [0.05, 0.1) is 6.04 Å². The van der Waals surface area contributed by atoms with Crippen molar-refractivity contribution >= 4 is 11.6 Å². The first-order valence-electron chi connectivity index (χ1n) is 12.6. The normalized spacial score (nSPS) is 14.9. The van der Waals surface area contributed by atoms with Gasteiger partial charge < -0.3 is 23.9 Å². The molecule has 1 N–H and O–H groups in total. The Bertz CT molecular complexity index is 1130. The lowest BCUT2D eigenvalue weighted by atomic mass is 10.0. The van der Waals surface area contributed by atoms with Crippen molar-refractivity contribution in [2.24, 2.45) is 5.92 Å². The van der Waals surface area contributed by atoms with Gasteiger partial charge in [0.25, 0.3) is 5.91 Å². The van der Waals surface area contributed by atoms with E-state index in [9.17, 15) is 4.79 Å². The summed E-state index contributed by atoms with van der Waals surface area (Å²) in [5, 5.41) is 12.2. The minimum absolute atomic E-state index is 0.250. The van der Waals surface area contributed by atoms with Crippen molar-refractivity contribution in [3.05, 3.63) is 65.1 Å². The van der Waals surface area contributed by atoms with Gasteiger partial charge in [-0.25, -0.2) is 0 Å². The van der Waals surface area contributed by atoms with E-state index in [1.54, 1.807) is 19.2 Å². The minimum atomic E-state index is -0.253. The summed E-state index contributed by atoms with van der Waals surface area (Å²) in [5.74, 6) is 2.80. The summed E-state index contributed by atoms with van der Waals surface area (Å²) in [5.41, 5.74) is 2.50. The average Bonchev–Trinajstić information content (AvgIpc) is 3.43. The van der Waals surface area contributed by atoms with E-state index in [-0.39, 0.29) is 17.7 Å². The third-order valence-corrected chi connectivity index (χ3v) is 6.50. The Kier molecular flexibility index (Phi) is 8.43. The van der Waals surface area contributed by atoms with Crippen molar-refractivity contribution < 1.29 is 13.9 Å². The Labute approximate surface area is 213 Å². The van der Waals surface area contributed by atoms with E-state index in [4.69, 9.17) is 9.15 Å². The summed E-state index contributed by atoms with van der Waals surface area (Å²) in [4.78, 5) is 17.6. The number of aromatic nitrogens is 3. The van der Waals surface area contributed by atoms with E-state index in [1.165, 1.54) is 11.3 Å². The highest BCUT2D eigenvalue weighted by Crippen LogP contribution is 2.24. The minimum Gasteiger partial charge on any atom is -0.453 e. The number of amides is 1. The van der Waals surface area contributed by atoms with Gasteiger partial charge in [-0.05, 0) is 42.2 Å². The molecular formula is C27H38N6O3. The van der Waals surface area contributed by atoms with Crippen LogP contribution in [0.1, 0.15) is 59.8 Å². The van der Waals surface area contributed by atoms with Crippen LogP contribution in [0.25, 0.3) is 0 Å². The van der Waals surface area contributed by atoms with Crippen molar-refractivity contribution in [1.82, 2.24) is 25.0 Å². The largest absolute Gasteiger partial charge is 0.453 e. The number of anilines is 1. The fourth-order valence-corrected chi connectivity index (χ4v) is 4.61. The van der Waals surface area contributed by atoms with Crippen molar-refractivity contribution in [2.45, 2.75) is 52.4 Å². The molecule has 2 aromatic heterocycles. The van der Waals surface area contributed by atoms with E-state index >= 15 is 0 Å². The lowest BCUT2D eigenvalue weighted by Gasteiger charge is -2.22. The molecule has 4 rings (SSSR count). The standard InChI is InChI=1S/C27H38N6O3/c1-19(2)16-23(28-27(34)24-11-10-22(36-24)18-35-5)26-30-29-25-12-13-32(14-15-33(25)26)17-20-6-8-21(9-7-20)31(3)4/h6-11,19,23H,12-18H2,1-5H3,(H,28,34)/t23-/m1/s1. The highest BCUT2D eigenvalue weighted by molar-refractivity contribution is 5.91. The first-order valence-corrected chi connectivity index (χ1v) is 12.6. The van der Waals surface area contributed by atoms with Crippen LogP contribution < -0.4 is 10.2 Å². The van der Waals surface area contributed by atoms with Crippen LogP contribution in [0, 0.1) is 5.92 Å². The Hall–Kier alpha value is -3.17. The number of furan rings is 1. The van der Waals surface area contributed by atoms with Gasteiger partial charge in [0.2, 0.25) is 0 Å². The number of ether oxygens (including phenoxy) is 1. The summed E-state index contributed by atoms with van der Waals surface area (Å²) in [6.45, 7) is 8.12. The molecule has 9 heteroatoms. The summed E-state index contributed by atoms with van der Waals surface area (Å²) in [6.07, 6.45) is 1.58. The van der Waals surface area contributed by atoms with Gasteiger partial charge in [-0.3, -0.25) is 9.69 Å². The number of hydrogen-bond acceptors (Lipinski definition) is 7. The van der Waals surface area contributed by atoms with Gasteiger partial charge in [-0.1, -0.05) is 26.0 Å². The third kappa shape index (κ3) is 6.33. The maximum Gasteiger partial charge on any atom is 0.287 e. The molecule has 3 heterocycles. The van der Waals surface area contributed by atoms with Gasteiger partial charge in [-0.15, -0.1) is 10.2 Å². The van der Waals surface area contributed by atoms with Gasteiger partial charge in [-0.2, -0.15) is 0 Å². The van der Waals surface area contributed by atoms with Gasteiger partial charge in [0.15, 0.2) is 11.6 Å². The van der Waals surface area contributed by atoms with Crippen LogP contribution in [0.2, 0.25) is 0 Å². The quantitative estimate of drug-likeness (QED) is 0.460. The number of nitrogens with zero attached hydrogens (tertiary/aromatic N) is 5. The second-order valence-corrected chi connectivity index (χ2v) is 10.1. The predicted molar refractivity (Wildman–Crippen MR) is 139 cm³/mol. The molecule has 1 aliphatic heterocycles. The van der Waals surface area contributed by atoms with Crippen LogP contribution in [0.15, 0.2) is 40.8 Å². The second-order valence-electron chi connectivity index (χ2n) is 10.1. The summed E-state index contributed by atoms with van der Waals surface area (Å²) < 4.78 is 12.9. The molecule has 1 aromatic carbocycles. The fraction of sp³-hybridized carbons (Fsp3) is 0.519. The zero-order chi connectivity index (χ0) is 25.7. The number of nitrogens with one attached hydrogen (secondary N) is 1. The zero-order valence-corrected chi connectivity index (χ0v) is 22.0. The number of hydrogen-bond donors (Lipinski definition) is 1. The molecule has 0 radical (unpaired) electrons. The molecule has 36 heavy (non-hydrogen) atoms. The Balaban J connectivity index is 1.45. The van der Waals surface area contributed by atoms with E-state index in [0.717, 1.165) is 50.7 Å². The van der Waals surface area contributed by atoms with Crippen molar-refractivity contribution in [2.75, 3.05) is 39.2 Å². The van der Waals surface area contributed by atoms with E-state index in [2.05, 4.69) is 82.1 Å². The monoisotopic (exact) mass is 494 g/mol. The number of carbonyl (C=O) groups excluding carboxylic acids is 1. The maximum atomic E-state index is 13.0. The lowest BCUT2D eigenvalue weighted by Crippen LogP contribution is -2.32. The van der Waals surface area contributed by atoms with Crippen LogP contribution in [0.5, 0.6) is 0 Å². The van der Waals surface area contributed by atoms with Gasteiger partial charge >= 0.3 is 0 Å². The Morgan fingerprint density at radius 1 is 1.11 bits per heavy atom. The van der Waals surface area contributed by atoms with Crippen molar-refractivity contribution in [3.63, 3.8) is 0 Å². The maximum absolute atomic E-state index is 13.0.